The van der Waals surface area contributed by atoms with E-state index in [9.17, 15) is 27.6 Å². The van der Waals surface area contributed by atoms with Crippen molar-refractivity contribution in [2.45, 2.75) is 6.36 Å². The van der Waals surface area contributed by atoms with Gasteiger partial charge in [0, 0.05) is 24.4 Å². The van der Waals surface area contributed by atoms with Gasteiger partial charge in [-0.3, -0.25) is 19.3 Å². The number of hydrogen-bond donors (Lipinski definition) is 1. The highest BCUT2D eigenvalue weighted by Gasteiger charge is 2.33. The number of halogens is 3. The fraction of sp³-hybridized carbons (Fsp3) is 0.118. The van der Waals surface area contributed by atoms with E-state index < -0.39 is 29.8 Å². The van der Waals surface area contributed by atoms with Gasteiger partial charge in [-0.05, 0) is 30.3 Å². The smallest absolute Gasteiger partial charge is 0.406 e. The summed E-state index contributed by atoms with van der Waals surface area (Å²) in [6, 6.07) is 8.77. The fourth-order valence-electron chi connectivity index (χ4n) is 2.48. The van der Waals surface area contributed by atoms with Crippen molar-refractivity contribution in [1.29, 1.82) is 0 Å². The highest BCUT2D eigenvalue weighted by Crippen LogP contribution is 2.26. The quantitative estimate of drug-likeness (QED) is 0.850. The lowest BCUT2D eigenvalue weighted by atomic mass is 10.1. The second-order valence-corrected chi connectivity index (χ2v) is 5.46. The number of imide groups is 1. The van der Waals surface area contributed by atoms with Gasteiger partial charge in [-0.2, -0.15) is 0 Å². The van der Waals surface area contributed by atoms with Crippen molar-refractivity contribution in [3.05, 3.63) is 59.2 Å². The number of amides is 3. The molecular formula is C17H11F3N2O4. The summed E-state index contributed by atoms with van der Waals surface area (Å²) in [4.78, 5) is 37.0. The van der Waals surface area contributed by atoms with Crippen LogP contribution in [0.2, 0.25) is 0 Å². The zero-order chi connectivity index (χ0) is 19.1. The van der Waals surface area contributed by atoms with Crippen LogP contribution in [0.3, 0.4) is 0 Å². The summed E-state index contributed by atoms with van der Waals surface area (Å²) in [5, 5.41) is 2.42. The van der Waals surface area contributed by atoms with E-state index in [2.05, 4.69) is 10.1 Å². The van der Waals surface area contributed by atoms with Crippen LogP contribution in [0.4, 0.5) is 18.9 Å². The van der Waals surface area contributed by atoms with E-state index in [1.807, 2.05) is 0 Å². The fourth-order valence-corrected chi connectivity index (χ4v) is 2.48. The van der Waals surface area contributed by atoms with E-state index in [-0.39, 0.29) is 22.4 Å². The predicted octanol–water partition coefficient (Wildman–Crippen LogP) is 3.06. The summed E-state index contributed by atoms with van der Waals surface area (Å²) in [7, 11) is 1.33. The number of ether oxygens (including phenoxy) is 1. The van der Waals surface area contributed by atoms with Gasteiger partial charge < -0.3 is 10.1 Å². The highest BCUT2D eigenvalue weighted by molar-refractivity contribution is 6.22. The molecule has 0 radical (unpaired) electrons. The Bertz CT molecular complexity index is 924. The summed E-state index contributed by atoms with van der Waals surface area (Å²) in [6.45, 7) is 0. The van der Waals surface area contributed by atoms with Crippen LogP contribution in [0.25, 0.3) is 0 Å². The molecule has 3 amide bonds. The first kappa shape index (κ1) is 17.5. The number of rotatable bonds is 3. The number of benzene rings is 2. The molecule has 0 fully saturated rings. The first-order valence-corrected chi connectivity index (χ1v) is 7.29. The largest absolute Gasteiger partial charge is 0.573 e. The summed E-state index contributed by atoms with van der Waals surface area (Å²) < 4.78 is 40.6. The topological polar surface area (TPSA) is 75.7 Å². The Kier molecular flexibility index (Phi) is 4.15. The van der Waals surface area contributed by atoms with E-state index >= 15 is 0 Å². The molecule has 0 saturated carbocycles. The third-order valence-electron chi connectivity index (χ3n) is 3.68. The number of carbonyl (C=O) groups excluding carboxylic acids is 3. The molecule has 0 aliphatic carbocycles. The summed E-state index contributed by atoms with van der Waals surface area (Å²) in [5.41, 5.74) is 0.452. The molecule has 9 heteroatoms. The summed E-state index contributed by atoms with van der Waals surface area (Å²) >= 11 is 0. The van der Waals surface area contributed by atoms with Crippen molar-refractivity contribution in [3.63, 3.8) is 0 Å². The molecule has 0 atom stereocenters. The molecule has 0 bridgehead atoms. The molecule has 6 nitrogen and oxygen atoms in total. The van der Waals surface area contributed by atoms with Crippen LogP contribution in [-0.2, 0) is 0 Å². The van der Waals surface area contributed by atoms with Gasteiger partial charge in [0.25, 0.3) is 17.7 Å². The number of nitrogens with one attached hydrogen (secondary N) is 1. The van der Waals surface area contributed by atoms with Gasteiger partial charge in [0.1, 0.15) is 5.75 Å². The van der Waals surface area contributed by atoms with Crippen molar-refractivity contribution in [2.24, 2.45) is 0 Å². The van der Waals surface area contributed by atoms with Crippen LogP contribution in [-0.4, -0.2) is 36.0 Å². The van der Waals surface area contributed by atoms with Gasteiger partial charge >= 0.3 is 6.36 Å². The number of hydrogen-bond acceptors (Lipinski definition) is 4. The van der Waals surface area contributed by atoms with Gasteiger partial charge in [0.05, 0.1) is 11.1 Å². The molecule has 1 aliphatic heterocycles. The first-order chi connectivity index (χ1) is 12.2. The van der Waals surface area contributed by atoms with Crippen LogP contribution in [0.1, 0.15) is 31.1 Å². The van der Waals surface area contributed by atoms with E-state index in [4.69, 9.17) is 0 Å². The number of nitrogens with zero attached hydrogens (tertiary/aromatic N) is 1. The Hall–Kier alpha value is -3.36. The summed E-state index contributed by atoms with van der Waals surface area (Å²) in [5.74, 6) is -2.12. The Labute approximate surface area is 145 Å². The predicted molar refractivity (Wildman–Crippen MR) is 83.9 cm³/mol. The molecule has 0 unspecified atom stereocenters. The van der Waals surface area contributed by atoms with Gasteiger partial charge in [0.15, 0.2) is 0 Å². The van der Waals surface area contributed by atoms with E-state index in [0.29, 0.717) is 0 Å². The van der Waals surface area contributed by atoms with Crippen molar-refractivity contribution < 1.29 is 32.3 Å². The third-order valence-corrected chi connectivity index (χ3v) is 3.68. The number of fused-ring (bicyclic) bond motifs is 1. The molecule has 26 heavy (non-hydrogen) atoms. The van der Waals surface area contributed by atoms with Crippen molar-refractivity contribution in [2.75, 3.05) is 12.4 Å². The zero-order valence-corrected chi connectivity index (χ0v) is 13.3. The van der Waals surface area contributed by atoms with Crippen LogP contribution in [0, 0.1) is 0 Å². The van der Waals surface area contributed by atoms with Gasteiger partial charge in [-0.1, -0.05) is 6.07 Å². The zero-order valence-electron chi connectivity index (χ0n) is 13.3. The van der Waals surface area contributed by atoms with E-state index in [0.717, 1.165) is 17.0 Å². The lowest BCUT2D eigenvalue weighted by molar-refractivity contribution is -0.274. The van der Waals surface area contributed by atoms with Crippen molar-refractivity contribution in [1.82, 2.24) is 4.90 Å². The lowest BCUT2D eigenvalue weighted by Gasteiger charge is -2.11. The molecule has 0 saturated heterocycles. The average molecular weight is 364 g/mol. The molecule has 134 valence electrons. The second kappa shape index (κ2) is 6.17. The third kappa shape index (κ3) is 3.37. The number of anilines is 1. The Morgan fingerprint density at radius 2 is 1.73 bits per heavy atom. The van der Waals surface area contributed by atoms with Gasteiger partial charge in [-0.25, -0.2) is 0 Å². The molecule has 2 aromatic rings. The molecule has 1 N–H and O–H groups in total. The van der Waals surface area contributed by atoms with Crippen molar-refractivity contribution in [3.8, 4) is 5.75 Å². The maximum absolute atomic E-state index is 12.3. The minimum Gasteiger partial charge on any atom is -0.406 e. The standard InChI is InChI=1S/C17H11F3N2O4/c1-22-15(24)12-6-5-9(7-13(12)16(22)25)14(23)21-10-3-2-4-11(8-10)26-17(18,19)20/h2-8H,1H3,(H,21,23). The molecule has 0 aromatic heterocycles. The van der Waals surface area contributed by atoms with Gasteiger partial charge in [0.2, 0.25) is 0 Å². The minimum atomic E-state index is -4.85. The maximum atomic E-state index is 12.3. The molecule has 2 aromatic carbocycles. The minimum absolute atomic E-state index is 0.0803. The molecule has 3 rings (SSSR count). The normalized spacial score (nSPS) is 13.6. The number of carbonyl (C=O) groups is 3. The monoisotopic (exact) mass is 364 g/mol. The number of alkyl halides is 3. The molecule has 0 spiro atoms. The highest BCUT2D eigenvalue weighted by atomic mass is 19.4. The molecular weight excluding hydrogens is 353 g/mol. The van der Waals surface area contributed by atoms with Crippen molar-refractivity contribution >= 4 is 23.4 Å². The van der Waals surface area contributed by atoms with Gasteiger partial charge in [-0.15, -0.1) is 13.2 Å². The Morgan fingerprint density at radius 1 is 1.04 bits per heavy atom. The molecule has 1 aliphatic rings. The Balaban J connectivity index is 1.81. The van der Waals surface area contributed by atoms with Crippen LogP contribution >= 0.6 is 0 Å². The SMILES string of the molecule is CN1C(=O)c2ccc(C(=O)Nc3cccc(OC(F)(F)F)c3)cc2C1=O. The maximum Gasteiger partial charge on any atom is 0.573 e. The average Bonchev–Trinajstić information content (AvgIpc) is 2.78. The van der Waals surface area contributed by atoms with Crippen LogP contribution in [0.5, 0.6) is 5.75 Å². The van der Waals surface area contributed by atoms with Crippen LogP contribution in [0.15, 0.2) is 42.5 Å². The molecule has 1 heterocycles. The van der Waals surface area contributed by atoms with E-state index in [1.165, 1.54) is 37.4 Å². The van der Waals surface area contributed by atoms with Crippen LogP contribution < -0.4 is 10.1 Å². The first-order valence-electron chi connectivity index (χ1n) is 7.29. The van der Waals surface area contributed by atoms with E-state index in [1.54, 1.807) is 0 Å². The second-order valence-electron chi connectivity index (χ2n) is 5.46. The summed E-state index contributed by atoms with van der Waals surface area (Å²) in [6.07, 6.45) is -4.85. The lowest BCUT2D eigenvalue weighted by Crippen LogP contribution is -2.24. The Morgan fingerprint density at radius 3 is 2.42 bits per heavy atom.